The van der Waals surface area contributed by atoms with Crippen LogP contribution in [0.15, 0.2) is 69.0 Å². The highest BCUT2D eigenvalue weighted by Gasteiger charge is 2.16. The first-order chi connectivity index (χ1) is 17.3. The van der Waals surface area contributed by atoms with Gasteiger partial charge in [0.05, 0.1) is 27.8 Å². The Labute approximate surface area is 236 Å². The summed E-state index contributed by atoms with van der Waals surface area (Å²) in [5.41, 5.74) is 2.09. The van der Waals surface area contributed by atoms with Crippen molar-refractivity contribution in [3.05, 3.63) is 95.0 Å². The first kappa shape index (κ1) is 26.6. The number of hydrogen-bond acceptors (Lipinski definition) is 5. The summed E-state index contributed by atoms with van der Waals surface area (Å²) >= 11 is 11.9. The summed E-state index contributed by atoms with van der Waals surface area (Å²) in [5, 5.41) is 5.71. The minimum atomic E-state index is -0.214. The SMILES string of the molecule is CC[C@@H](C)c1nc2ccc(Br)cc2c(=O)n1N=Cc1cc(I)c(OCc2ccccc2Cl)c(OC)c1. The zero-order chi connectivity index (χ0) is 25.8. The molecule has 4 rings (SSSR count). The lowest BCUT2D eigenvalue weighted by atomic mass is 10.1. The van der Waals surface area contributed by atoms with Gasteiger partial charge in [-0.3, -0.25) is 4.79 Å². The van der Waals surface area contributed by atoms with Crippen molar-refractivity contribution in [2.75, 3.05) is 7.11 Å². The van der Waals surface area contributed by atoms with Gasteiger partial charge in [-0.25, -0.2) is 4.98 Å². The molecule has 1 aromatic heterocycles. The Morgan fingerprint density at radius 1 is 1.22 bits per heavy atom. The maximum Gasteiger partial charge on any atom is 0.282 e. The Kier molecular flexibility index (Phi) is 8.69. The number of benzene rings is 3. The number of halogens is 3. The highest BCUT2D eigenvalue weighted by atomic mass is 127. The van der Waals surface area contributed by atoms with E-state index in [1.54, 1.807) is 19.4 Å². The minimum Gasteiger partial charge on any atom is -0.493 e. The first-order valence-electron chi connectivity index (χ1n) is 11.3. The van der Waals surface area contributed by atoms with Crippen molar-refractivity contribution < 1.29 is 9.47 Å². The van der Waals surface area contributed by atoms with Crippen LogP contribution < -0.4 is 15.0 Å². The Bertz CT molecular complexity index is 1510. The number of aromatic nitrogens is 2. The minimum absolute atomic E-state index is 0.0538. The molecule has 1 heterocycles. The molecule has 0 spiro atoms. The fourth-order valence-corrected chi connectivity index (χ4v) is 4.96. The first-order valence-corrected chi connectivity index (χ1v) is 13.6. The van der Waals surface area contributed by atoms with Crippen molar-refractivity contribution in [1.82, 2.24) is 9.66 Å². The normalized spacial score (nSPS) is 12.3. The zero-order valence-electron chi connectivity index (χ0n) is 20.0. The van der Waals surface area contributed by atoms with Crippen LogP contribution in [-0.4, -0.2) is 23.0 Å². The van der Waals surface area contributed by atoms with Crippen molar-refractivity contribution in [3.63, 3.8) is 0 Å². The lowest BCUT2D eigenvalue weighted by molar-refractivity contribution is 0.282. The van der Waals surface area contributed by atoms with E-state index in [-0.39, 0.29) is 11.5 Å². The molecule has 0 radical (unpaired) electrons. The molecule has 4 aromatic rings. The molecule has 6 nitrogen and oxygen atoms in total. The van der Waals surface area contributed by atoms with E-state index in [0.717, 1.165) is 25.6 Å². The molecule has 186 valence electrons. The summed E-state index contributed by atoms with van der Waals surface area (Å²) in [5.74, 6) is 1.85. The summed E-state index contributed by atoms with van der Waals surface area (Å²) in [7, 11) is 1.59. The van der Waals surface area contributed by atoms with Crippen LogP contribution >= 0.6 is 50.1 Å². The molecule has 0 aliphatic rings. The number of hydrogen-bond donors (Lipinski definition) is 0. The lowest BCUT2D eigenvalue weighted by Gasteiger charge is -2.15. The number of methoxy groups -OCH3 is 1. The van der Waals surface area contributed by atoms with Crippen LogP contribution in [0.1, 0.15) is 43.1 Å². The molecule has 0 amide bonds. The van der Waals surface area contributed by atoms with Gasteiger partial charge in [0.15, 0.2) is 11.5 Å². The second kappa shape index (κ2) is 11.7. The topological polar surface area (TPSA) is 65.7 Å². The fraction of sp³-hybridized carbons (Fsp3) is 0.222. The fourth-order valence-electron chi connectivity index (χ4n) is 3.62. The molecule has 0 N–H and O–H groups in total. The maximum absolute atomic E-state index is 13.4. The molecule has 1 atom stereocenters. The summed E-state index contributed by atoms with van der Waals surface area (Å²) in [6, 6.07) is 16.8. The van der Waals surface area contributed by atoms with Crippen LogP contribution in [0.4, 0.5) is 0 Å². The maximum atomic E-state index is 13.4. The second-order valence-electron chi connectivity index (χ2n) is 8.22. The van der Waals surface area contributed by atoms with Gasteiger partial charge in [-0.2, -0.15) is 9.78 Å². The molecule has 9 heteroatoms. The van der Waals surface area contributed by atoms with E-state index in [1.807, 2.05) is 55.5 Å². The highest BCUT2D eigenvalue weighted by molar-refractivity contribution is 14.1. The van der Waals surface area contributed by atoms with E-state index in [4.69, 9.17) is 26.1 Å². The van der Waals surface area contributed by atoms with Crippen molar-refractivity contribution in [2.24, 2.45) is 5.10 Å². The molecule has 0 saturated carbocycles. The Morgan fingerprint density at radius 2 is 2.00 bits per heavy atom. The average molecular weight is 681 g/mol. The van der Waals surface area contributed by atoms with Crippen LogP contribution in [0.25, 0.3) is 10.9 Å². The molecule has 36 heavy (non-hydrogen) atoms. The summed E-state index contributed by atoms with van der Waals surface area (Å²) < 4.78 is 14.7. The van der Waals surface area contributed by atoms with E-state index < -0.39 is 0 Å². The number of nitrogens with zero attached hydrogens (tertiary/aromatic N) is 3. The second-order valence-corrected chi connectivity index (χ2v) is 10.7. The third-order valence-corrected chi connectivity index (χ3v) is 7.45. The van der Waals surface area contributed by atoms with Crippen molar-refractivity contribution >= 4 is 67.2 Å². The monoisotopic (exact) mass is 679 g/mol. The molecular formula is C27H24BrClIN3O3. The smallest absolute Gasteiger partial charge is 0.282 e. The van der Waals surface area contributed by atoms with Crippen molar-refractivity contribution in [1.29, 1.82) is 0 Å². The highest BCUT2D eigenvalue weighted by Crippen LogP contribution is 2.34. The number of rotatable bonds is 8. The average Bonchev–Trinajstić information content (AvgIpc) is 2.87. The quantitative estimate of drug-likeness (QED) is 0.144. The van der Waals surface area contributed by atoms with Gasteiger partial charge in [-0.1, -0.05) is 59.6 Å². The summed E-state index contributed by atoms with van der Waals surface area (Å²) in [4.78, 5) is 18.1. The Balaban J connectivity index is 1.71. The molecule has 0 bridgehead atoms. The molecular weight excluding hydrogens is 657 g/mol. The molecule has 0 saturated heterocycles. The number of ether oxygens (including phenoxy) is 2. The van der Waals surface area contributed by atoms with E-state index in [9.17, 15) is 4.79 Å². The van der Waals surface area contributed by atoms with Gasteiger partial charge in [0.1, 0.15) is 12.4 Å². The van der Waals surface area contributed by atoms with Crippen molar-refractivity contribution in [2.45, 2.75) is 32.8 Å². The van der Waals surface area contributed by atoms with Gasteiger partial charge in [0, 0.05) is 21.0 Å². The van der Waals surface area contributed by atoms with Crippen LogP contribution in [-0.2, 0) is 6.61 Å². The predicted molar refractivity (Wildman–Crippen MR) is 157 cm³/mol. The van der Waals surface area contributed by atoms with Crippen LogP contribution in [0.2, 0.25) is 5.02 Å². The summed E-state index contributed by atoms with van der Waals surface area (Å²) in [6.45, 7) is 4.41. The van der Waals surface area contributed by atoms with E-state index in [1.165, 1.54) is 4.68 Å². The number of fused-ring (bicyclic) bond motifs is 1. The van der Waals surface area contributed by atoms with Gasteiger partial charge in [-0.05, 0) is 71.0 Å². The van der Waals surface area contributed by atoms with Gasteiger partial charge in [0.2, 0.25) is 0 Å². The van der Waals surface area contributed by atoms with E-state index in [2.05, 4.69) is 50.5 Å². The predicted octanol–water partition coefficient (Wildman–Crippen LogP) is 7.40. The molecule has 3 aromatic carbocycles. The van der Waals surface area contributed by atoms with E-state index in [0.29, 0.717) is 39.9 Å². The van der Waals surface area contributed by atoms with Gasteiger partial charge in [0.25, 0.3) is 5.56 Å². The van der Waals surface area contributed by atoms with Crippen LogP contribution in [0.3, 0.4) is 0 Å². The van der Waals surface area contributed by atoms with Crippen molar-refractivity contribution in [3.8, 4) is 11.5 Å². The summed E-state index contributed by atoms with van der Waals surface area (Å²) in [6.07, 6.45) is 2.47. The molecule has 0 aliphatic carbocycles. The van der Waals surface area contributed by atoms with E-state index >= 15 is 0 Å². The zero-order valence-corrected chi connectivity index (χ0v) is 24.5. The van der Waals surface area contributed by atoms with Gasteiger partial charge >= 0.3 is 0 Å². The molecule has 0 unspecified atom stereocenters. The third-order valence-electron chi connectivity index (χ3n) is 5.79. The largest absolute Gasteiger partial charge is 0.493 e. The Morgan fingerprint density at radius 3 is 2.72 bits per heavy atom. The molecule has 0 aliphatic heterocycles. The standard InChI is InChI=1S/C27H24BrClIN3O3/c1-4-16(2)26-32-23-10-9-19(28)13-20(23)27(34)33(26)31-14-17-11-22(30)25(24(12-17)35-3)36-15-18-7-5-6-8-21(18)29/h5-14,16H,4,15H2,1-3H3/t16-/m1/s1. The molecule has 0 fully saturated rings. The third kappa shape index (κ3) is 5.76. The Hall–Kier alpha value is -2.43. The van der Waals surface area contributed by atoms with Gasteiger partial charge in [-0.15, -0.1) is 0 Å². The van der Waals surface area contributed by atoms with Crippen LogP contribution in [0.5, 0.6) is 11.5 Å². The lowest BCUT2D eigenvalue weighted by Crippen LogP contribution is -2.23. The van der Waals surface area contributed by atoms with Crippen LogP contribution in [0, 0.1) is 3.57 Å². The van der Waals surface area contributed by atoms with Gasteiger partial charge < -0.3 is 9.47 Å².